The van der Waals surface area contributed by atoms with Gasteiger partial charge in [-0.05, 0) is 43.9 Å². The van der Waals surface area contributed by atoms with Gasteiger partial charge >= 0.3 is 0 Å². The predicted octanol–water partition coefficient (Wildman–Crippen LogP) is 4.23. The minimum absolute atomic E-state index is 0.445. The van der Waals surface area contributed by atoms with Crippen molar-refractivity contribution in [1.29, 1.82) is 0 Å². The Bertz CT molecular complexity index is 398. The molecule has 0 saturated heterocycles. The molecule has 0 heterocycles. The quantitative estimate of drug-likeness (QED) is 0.793. The predicted molar refractivity (Wildman–Crippen MR) is 80.7 cm³/mol. The van der Waals surface area contributed by atoms with Crippen LogP contribution in [-0.2, 0) is 0 Å². The van der Waals surface area contributed by atoms with Crippen molar-refractivity contribution in [2.24, 2.45) is 5.92 Å². The fourth-order valence-electron chi connectivity index (χ4n) is 2.81. The third-order valence-corrected chi connectivity index (χ3v) is 4.20. The molecule has 0 spiro atoms. The minimum Gasteiger partial charge on any atom is -0.496 e. The third kappa shape index (κ3) is 3.73. The first-order valence-electron chi connectivity index (χ1n) is 7.62. The first-order chi connectivity index (χ1) is 9.24. The van der Waals surface area contributed by atoms with Gasteiger partial charge in [0.1, 0.15) is 5.75 Å². The summed E-state index contributed by atoms with van der Waals surface area (Å²) in [6.07, 6.45) is 6.64. The lowest BCUT2D eigenvalue weighted by Gasteiger charge is -2.31. The van der Waals surface area contributed by atoms with E-state index in [2.05, 4.69) is 37.4 Å². The van der Waals surface area contributed by atoms with Gasteiger partial charge in [0.15, 0.2) is 0 Å². The van der Waals surface area contributed by atoms with Gasteiger partial charge in [0.2, 0.25) is 0 Å². The topological polar surface area (TPSA) is 21.3 Å². The second-order valence-corrected chi connectivity index (χ2v) is 5.78. The molecule has 106 valence electrons. The van der Waals surface area contributed by atoms with Crippen LogP contribution in [0.1, 0.15) is 56.2 Å². The van der Waals surface area contributed by atoms with Crippen LogP contribution in [0.2, 0.25) is 0 Å². The highest BCUT2D eigenvalue weighted by Gasteiger charge is 2.24. The normalized spacial score (nSPS) is 17.0. The summed E-state index contributed by atoms with van der Waals surface area (Å²) in [5.74, 6) is 1.94. The van der Waals surface area contributed by atoms with Crippen LogP contribution in [0.4, 0.5) is 0 Å². The Morgan fingerprint density at radius 3 is 2.74 bits per heavy atom. The van der Waals surface area contributed by atoms with E-state index in [-0.39, 0.29) is 0 Å². The molecule has 0 radical (unpaired) electrons. The van der Waals surface area contributed by atoms with Crippen LogP contribution in [0.5, 0.6) is 5.75 Å². The molecular formula is C17H27NO. The zero-order valence-corrected chi connectivity index (χ0v) is 12.5. The second kappa shape index (κ2) is 6.95. The van der Waals surface area contributed by atoms with Gasteiger partial charge in [-0.3, -0.25) is 0 Å². The number of nitrogens with one attached hydrogen (secondary N) is 1. The lowest BCUT2D eigenvalue weighted by Crippen LogP contribution is -2.27. The summed E-state index contributed by atoms with van der Waals surface area (Å²) in [4.78, 5) is 0. The van der Waals surface area contributed by atoms with E-state index in [1.165, 1.54) is 43.2 Å². The molecule has 19 heavy (non-hydrogen) atoms. The second-order valence-electron chi connectivity index (χ2n) is 5.78. The number of hydrogen-bond acceptors (Lipinski definition) is 2. The molecule has 1 atom stereocenters. The van der Waals surface area contributed by atoms with Crippen molar-refractivity contribution in [3.8, 4) is 5.75 Å². The van der Waals surface area contributed by atoms with E-state index >= 15 is 0 Å². The molecule has 1 aromatic carbocycles. The zero-order chi connectivity index (χ0) is 13.7. The van der Waals surface area contributed by atoms with Gasteiger partial charge in [-0.25, -0.2) is 0 Å². The van der Waals surface area contributed by atoms with Crippen molar-refractivity contribution >= 4 is 0 Å². The summed E-state index contributed by atoms with van der Waals surface area (Å²) in [6, 6.07) is 7.02. The monoisotopic (exact) mass is 261 g/mol. The summed E-state index contributed by atoms with van der Waals surface area (Å²) in [5, 5.41) is 3.70. The Labute approximate surface area is 117 Å². The van der Waals surface area contributed by atoms with Crippen LogP contribution >= 0.6 is 0 Å². The third-order valence-electron chi connectivity index (χ3n) is 4.20. The van der Waals surface area contributed by atoms with Gasteiger partial charge in [0.05, 0.1) is 7.11 Å². The lowest BCUT2D eigenvalue weighted by molar-refractivity contribution is 0.258. The van der Waals surface area contributed by atoms with Gasteiger partial charge in [-0.15, -0.1) is 0 Å². The van der Waals surface area contributed by atoms with E-state index in [9.17, 15) is 0 Å². The maximum absolute atomic E-state index is 5.58. The van der Waals surface area contributed by atoms with Crippen LogP contribution in [0.15, 0.2) is 18.2 Å². The molecule has 1 aromatic rings. The molecule has 2 heteroatoms. The van der Waals surface area contributed by atoms with E-state index in [4.69, 9.17) is 4.74 Å². The number of benzene rings is 1. The van der Waals surface area contributed by atoms with Crippen LogP contribution in [-0.4, -0.2) is 13.7 Å². The number of rotatable bonds is 7. The Balaban J connectivity index is 2.14. The van der Waals surface area contributed by atoms with Crippen molar-refractivity contribution in [1.82, 2.24) is 5.32 Å². The van der Waals surface area contributed by atoms with Crippen molar-refractivity contribution in [2.45, 2.75) is 52.0 Å². The number of ether oxygens (including phenoxy) is 1. The van der Waals surface area contributed by atoms with Gasteiger partial charge in [0.25, 0.3) is 0 Å². The molecule has 1 aliphatic carbocycles. The van der Waals surface area contributed by atoms with E-state index in [1.54, 1.807) is 7.11 Å². The average molecular weight is 261 g/mol. The lowest BCUT2D eigenvalue weighted by atomic mass is 9.79. The number of methoxy groups -OCH3 is 1. The van der Waals surface area contributed by atoms with Crippen LogP contribution < -0.4 is 10.1 Å². The Hall–Kier alpha value is -1.02. The van der Waals surface area contributed by atoms with Gasteiger partial charge < -0.3 is 10.1 Å². The minimum atomic E-state index is 0.445. The fourth-order valence-corrected chi connectivity index (χ4v) is 2.81. The molecular weight excluding hydrogens is 234 g/mol. The van der Waals surface area contributed by atoms with Crippen molar-refractivity contribution in [3.63, 3.8) is 0 Å². The molecule has 1 N–H and O–H groups in total. The van der Waals surface area contributed by atoms with E-state index in [0.717, 1.165) is 18.2 Å². The molecule has 0 amide bonds. The molecule has 1 unspecified atom stereocenters. The maximum atomic E-state index is 5.58. The SMILES string of the molecule is CCCNC(CC1CCC1)c1ccc(C)cc1OC. The zero-order valence-electron chi connectivity index (χ0n) is 12.5. The Kier molecular flexibility index (Phi) is 5.26. The highest BCUT2D eigenvalue weighted by molar-refractivity contribution is 5.39. The molecule has 1 saturated carbocycles. The molecule has 1 aliphatic rings. The standard InChI is InChI=1S/C17H27NO/c1-4-10-18-16(12-14-6-5-7-14)15-9-8-13(2)11-17(15)19-3/h8-9,11,14,16,18H,4-7,10,12H2,1-3H3. The number of aryl methyl sites for hydroxylation is 1. The first kappa shape index (κ1) is 14.4. The maximum Gasteiger partial charge on any atom is 0.123 e. The summed E-state index contributed by atoms with van der Waals surface area (Å²) >= 11 is 0. The smallest absolute Gasteiger partial charge is 0.123 e. The van der Waals surface area contributed by atoms with E-state index in [0.29, 0.717) is 6.04 Å². The fraction of sp³-hybridized carbons (Fsp3) is 0.647. The van der Waals surface area contributed by atoms with Crippen molar-refractivity contribution < 1.29 is 4.74 Å². The van der Waals surface area contributed by atoms with Crippen molar-refractivity contribution in [2.75, 3.05) is 13.7 Å². The molecule has 2 nitrogen and oxygen atoms in total. The largest absolute Gasteiger partial charge is 0.496 e. The molecule has 2 rings (SSSR count). The van der Waals surface area contributed by atoms with Crippen LogP contribution in [0.25, 0.3) is 0 Å². The van der Waals surface area contributed by atoms with E-state index in [1.807, 2.05) is 0 Å². The Morgan fingerprint density at radius 1 is 1.37 bits per heavy atom. The molecule has 1 fully saturated rings. The van der Waals surface area contributed by atoms with E-state index < -0.39 is 0 Å². The summed E-state index contributed by atoms with van der Waals surface area (Å²) < 4.78 is 5.58. The molecule has 0 aliphatic heterocycles. The first-order valence-corrected chi connectivity index (χ1v) is 7.62. The van der Waals surface area contributed by atoms with Gasteiger partial charge in [-0.1, -0.05) is 38.3 Å². The van der Waals surface area contributed by atoms with Crippen LogP contribution in [0.3, 0.4) is 0 Å². The Morgan fingerprint density at radius 2 is 2.16 bits per heavy atom. The summed E-state index contributed by atoms with van der Waals surface area (Å²) in [6.45, 7) is 5.42. The van der Waals surface area contributed by atoms with Crippen molar-refractivity contribution in [3.05, 3.63) is 29.3 Å². The molecule has 0 bridgehead atoms. The van der Waals surface area contributed by atoms with Gasteiger partial charge in [0, 0.05) is 11.6 Å². The average Bonchev–Trinajstić information content (AvgIpc) is 2.37. The molecule has 0 aromatic heterocycles. The van der Waals surface area contributed by atoms with Crippen LogP contribution in [0, 0.1) is 12.8 Å². The number of hydrogen-bond donors (Lipinski definition) is 1. The highest BCUT2D eigenvalue weighted by Crippen LogP contribution is 2.37. The summed E-state index contributed by atoms with van der Waals surface area (Å²) in [5.41, 5.74) is 2.59. The summed E-state index contributed by atoms with van der Waals surface area (Å²) in [7, 11) is 1.78. The highest BCUT2D eigenvalue weighted by atomic mass is 16.5. The van der Waals surface area contributed by atoms with Gasteiger partial charge in [-0.2, -0.15) is 0 Å².